The zero-order valence-corrected chi connectivity index (χ0v) is 22.7. The largest absolute Gasteiger partial charge is 0.493 e. The average Bonchev–Trinajstić information content (AvgIpc) is 3.48. The van der Waals surface area contributed by atoms with Crippen LogP contribution < -0.4 is 19.6 Å². The molecule has 3 aromatic carbocycles. The van der Waals surface area contributed by atoms with E-state index in [1.54, 1.807) is 11.5 Å². The highest BCUT2D eigenvalue weighted by Gasteiger charge is 2.20. The summed E-state index contributed by atoms with van der Waals surface area (Å²) in [6.07, 6.45) is 7.84. The molecular weight excluding hydrogens is 492 g/mol. The molecule has 0 amide bonds. The summed E-state index contributed by atoms with van der Waals surface area (Å²) in [7, 11) is 1.64. The molecule has 194 valence electrons. The predicted octanol–water partition coefficient (Wildman–Crippen LogP) is 7.00. The van der Waals surface area contributed by atoms with E-state index in [2.05, 4.69) is 6.92 Å². The van der Waals surface area contributed by atoms with Crippen LogP contribution in [0.1, 0.15) is 44.6 Å². The van der Waals surface area contributed by atoms with Crippen LogP contribution in [0.4, 0.5) is 0 Å². The Balaban J connectivity index is 1.49. The van der Waals surface area contributed by atoms with Gasteiger partial charge < -0.3 is 9.47 Å². The van der Waals surface area contributed by atoms with Gasteiger partial charge in [0.25, 0.3) is 5.56 Å². The van der Waals surface area contributed by atoms with Crippen molar-refractivity contribution < 1.29 is 9.47 Å². The van der Waals surface area contributed by atoms with Crippen LogP contribution in [0.5, 0.6) is 11.5 Å². The molecule has 6 heteroatoms. The molecule has 2 aromatic heterocycles. The smallest absolute Gasteiger partial charge is 0.274 e. The fourth-order valence-corrected chi connectivity index (χ4v) is 5.56. The van der Waals surface area contributed by atoms with E-state index in [1.807, 2.05) is 84.9 Å². The van der Waals surface area contributed by atoms with Gasteiger partial charge in [-0.3, -0.25) is 4.79 Å². The number of fused-ring (bicyclic) bond motifs is 1. The van der Waals surface area contributed by atoms with Gasteiger partial charge in [0.15, 0.2) is 16.5 Å². The first-order chi connectivity index (χ1) is 18.7. The first-order valence-corrected chi connectivity index (χ1v) is 14.0. The topological polar surface area (TPSA) is 52.8 Å². The molecule has 0 saturated heterocycles. The Morgan fingerprint density at radius 2 is 1.58 bits per heavy atom. The fourth-order valence-electron chi connectivity index (χ4n) is 4.59. The van der Waals surface area contributed by atoms with Crippen molar-refractivity contribution in [2.24, 2.45) is 0 Å². The van der Waals surface area contributed by atoms with E-state index in [4.69, 9.17) is 14.5 Å². The quantitative estimate of drug-likeness (QED) is 0.175. The number of thiazole rings is 1. The highest BCUT2D eigenvalue weighted by molar-refractivity contribution is 7.15. The van der Waals surface area contributed by atoms with Crippen LogP contribution in [0.15, 0.2) is 83.7 Å². The molecule has 0 N–H and O–H groups in total. The number of aromatic nitrogens is 2. The third-order valence-corrected chi connectivity index (χ3v) is 7.52. The van der Waals surface area contributed by atoms with Gasteiger partial charge >= 0.3 is 0 Å². The molecule has 5 nitrogen and oxygen atoms in total. The Kier molecular flexibility index (Phi) is 8.19. The van der Waals surface area contributed by atoms with Crippen molar-refractivity contribution in [2.75, 3.05) is 13.7 Å². The van der Waals surface area contributed by atoms with Gasteiger partial charge in [-0.2, -0.15) is 0 Å². The van der Waals surface area contributed by atoms with Gasteiger partial charge in [0.1, 0.15) is 0 Å². The van der Waals surface area contributed by atoms with Crippen LogP contribution in [0.3, 0.4) is 0 Å². The fraction of sp³-hybridized carbons (Fsp3) is 0.250. The molecule has 0 aliphatic rings. The SMILES string of the molecule is CCCCCCCOc1ccc(C=c2sc3nc(-c4ccccc4)c(-c4ccccc4)n3c2=O)cc1OC. The van der Waals surface area contributed by atoms with Crippen molar-refractivity contribution in [3.63, 3.8) is 0 Å². The van der Waals surface area contributed by atoms with Crippen molar-refractivity contribution in [3.8, 4) is 34.0 Å². The zero-order chi connectivity index (χ0) is 26.3. The summed E-state index contributed by atoms with van der Waals surface area (Å²) in [6.45, 7) is 2.88. The van der Waals surface area contributed by atoms with Gasteiger partial charge in [0.2, 0.25) is 0 Å². The average molecular weight is 525 g/mol. The minimum atomic E-state index is -0.0788. The minimum Gasteiger partial charge on any atom is -0.493 e. The van der Waals surface area contributed by atoms with Crippen molar-refractivity contribution in [1.29, 1.82) is 0 Å². The lowest BCUT2D eigenvalue weighted by Crippen LogP contribution is -2.23. The molecule has 0 aliphatic carbocycles. The number of benzene rings is 3. The normalized spacial score (nSPS) is 11.8. The molecule has 0 atom stereocenters. The first-order valence-electron chi connectivity index (χ1n) is 13.2. The van der Waals surface area contributed by atoms with E-state index in [-0.39, 0.29) is 5.56 Å². The maximum atomic E-state index is 13.7. The number of hydrogen-bond donors (Lipinski definition) is 0. The number of unbranched alkanes of at least 4 members (excludes halogenated alkanes) is 4. The maximum absolute atomic E-state index is 13.7. The van der Waals surface area contributed by atoms with Crippen molar-refractivity contribution >= 4 is 22.4 Å². The number of ether oxygens (including phenoxy) is 2. The van der Waals surface area contributed by atoms with Crippen LogP contribution in [-0.4, -0.2) is 23.1 Å². The van der Waals surface area contributed by atoms with Gasteiger partial charge in [0, 0.05) is 11.1 Å². The number of imidazole rings is 1. The van der Waals surface area contributed by atoms with E-state index in [1.165, 1.54) is 37.0 Å². The number of methoxy groups -OCH3 is 1. The van der Waals surface area contributed by atoms with Crippen LogP contribution in [0.25, 0.3) is 33.6 Å². The predicted molar refractivity (Wildman–Crippen MR) is 156 cm³/mol. The summed E-state index contributed by atoms with van der Waals surface area (Å²) >= 11 is 1.40. The molecule has 0 saturated carbocycles. The number of nitrogens with zero attached hydrogens (tertiary/aromatic N) is 2. The van der Waals surface area contributed by atoms with Gasteiger partial charge in [0.05, 0.1) is 29.6 Å². The molecule has 0 aliphatic heterocycles. The van der Waals surface area contributed by atoms with E-state index in [0.29, 0.717) is 21.8 Å². The lowest BCUT2D eigenvalue weighted by molar-refractivity contribution is 0.285. The Bertz CT molecular complexity index is 1610. The number of hydrogen-bond acceptors (Lipinski definition) is 5. The summed E-state index contributed by atoms with van der Waals surface area (Å²) < 4.78 is 13.9. The molecule has 0 spiro atoms. The molecular formula is C32H32N2O3S. The molecule has 0 unspecified atom stereocenters. The maximum Gasteiger partial charge on any atom is 0.274 e. The van der Waals surface area contributed by atoms with Crippen LogP contribution in [-0.2, 0) is 0 Å². The van der Waals surface area contributed by atoms with Gasteiger partial charge in [-0.25, -0.2) is 9.38 Å². The summed E-state index contributed by atoms with van der Waals surface area (Å²) in [5.74, 6) is 1.39. The van der Waals surface area contributed by atoms with E-state index < -0.39 is 0 Å². The standard InChI is InChI=1S/C32H32N2O3S/c1-3-4-5-6-13-20-37-26-19-18-23(21-27(26)36-2)22-28-31(35)34-30(25-16-11-8-12-17-25)29(33-32(34)38-28)24-14-9-7-10-15-24/h7-12,14-19,21-22H,3-6,13,20H2,1-2H3. The summed E-state index contributed by atoms with van der Waals surface area (Å²) in [5, 5.41) is 0. The molecule has 5 aromatic rings. The Labute approximate surface area is 227 Å². The third-order valence-electron chi connectivity index (χ3n) is 6.55. The Morgan fingerprint density at radius 1 is 0.868 bits per heavy atom. The highest BCUT2D eigenvalue weighted by atomic mass is 32.1. The molecule has 0 fully saturated rings. The highest BCUT2D eigenvalue weighted by Crippen LogP contribution is 2.33. The van der Waals surface area contributed by atoms with Gasteiger partial charge in [-0.1, -0.05) is 111 Å². The first kappa shape index (κ1) is 25.7. The second kappa shape index (κ2) is 12.1. The second-order valence-electron chi connectivity index (χ2n) is 9.25. The van der Waals surface area contributed by atoms with Crippen molar-refractivity contribution in [3.05, 3.63) is 99.3 Å². The molecule has 38 heavy (non-hydrogen) atoms. The van der Waals surface area contributed by atoms with Gasteiger partial charge in [-0.05, 0) is 30.2 Å². The monoisotopic (exact) mass is 524 g/mol. The molecule has 0 radical (unpaired) electrons. The van der Waals surface area contributed by atoms with E-state index in [9.17, 15) is 4.79 Å². The van der Waals surface area contributed by atoms with Gasteiger partial charge in [-0.15, -0.1) is 0 Å². The van der Waals surface area contributed by atoms with Crippen LogP contribution in [0.2, 0.25) is 0 Å². The molecule has 0 bridgehead atoms. The number of rotatable bonds is 11. The Morgan fingerprint density at radius 3 is 2.29 bits per heavy atom. The molecule has 5 rings (SSSR count). The second-order valence-corrected chi connectivity index (χ2v) is 10.3. The Hall–Kier alpha value is -3.90. The summed E-state index contributed by atoms with van der Waals surface area (Å²) in [5.41, 5.74) is 4.36. The minimum absolute atomic E-state index is 0.0788. The zero-order valence-electron chi connectivity index (χ0n) is 21.9. The summed E-state index contributed by atoms with van der Waals surface area (Å²) in [4.78, 5) is 19.3. The molecule has 2 heterocycles. The summed E-state index contributed by atoms with van der Waals surface area (Å²) in [6, 6.07) is 25.8. The lowest BCUT2D eigenvalue weighted by Gasteiger charge is -2.11. The van der Waals surface area contributed by atoms with Crippen molar-refractivity contribution in [2.45, 2.75) is 39.0 Å². The van der Waals surface area contributed by atoms with E-state index >= 15 is 0 Å². The van der Waals surface area contributed by atoms with Crippen molar-refractivity contribution in [1.82, 2.24) is 9.38 Å². The third kappa shape index (κ3) is 5.50. The van der Waals surface area contributed by atoms with Crippen LogP contribution in [0, 0.1) is 0 Å². The van der Waals surface area contributed by atoms with E-state index in [0.717, 1.165) is 40.2 Å². The lowest BCUT2D eigenvalue weighted by atomic mass is 10.1. The van der Waals surface area contributed by atoms with Crippen LogP contribution >= 0.6 is 11.3 Å².